The molecular formula is C13H23N5O2. The van der Waals surface area contributed by atoms with Crippen LogP contribution in [0.1, 0.15) is 44.6 Å². The van der Waals surface area contributed by atoms with Gasteiger partial charge in [-0.15, -0.1) is 0 Å². The van der Waals surface area contributed by atoms with E-state index in [0.717, 1.165) is 0 Å². The topological polar surface area (TPSA) is 102 Å². The zero-order valence-electron chi connectivity index (χ0n) is 12.5. The molecule has 0 aliphatic carbocycles. The van der Waals surface area contributed by atoms with E-state index in [1.54, 1.807) is 10.9 Å². The number of hydrogen-bond donors (Lipinski definition) is 3. The van der Waals surface area contributed by atoms with Crippen LogP contribution in [0.4, 0.5) is 5.69 Å². The number of nitrogen functional groups attached to an aromatic ring is 1. The van der Waals surface area contributed by atoms with E-state index in [-0.39, 0.29) is 36.0 Å². The molecule has 0 aliphatic heterocycles. The molecule has 2 amide bonds. The van der Waals surface area contributed by atoms with Crippen molar-refractivity contribution < 1.29 is 9.59 Å². The summed E-state index contributed by atoms with van der Waals surface area (Å²) in [6.45, 7) is 8.51. The van der Waals surface area contributed by atoms with Gasteiger partial charge in [-0.25, -0.2) is 0 Å². The minimum atomic E-state index is -0.363. The second-order valence-corrected chi connectivity index (χ2v) is 5.59. The molecule has 0 saturated carbocycles. The largest absolute Gasteiger partial charge is 0.396 e. The molecule has 112 valence electrons. The number of nitrogens with two attached hydrogens (primary N) is 1. The molecule has 1 aromatic rings. The normalized spacial score (nSPS) is 11.2. The number of amides is 2. The number of anilines is 1. The average Bonchev–Trinajstić information content (AvgIpc) is 2.68. The van der Waals surface area contributed by atoms with Crippen LogP contribution in [0, 0.1) is 0 Å². The standard InChI is InChI=1S/C13H23N5O2/c1-5-18-8-9(14)11(17-18)12(20)15-7-6-10(19)16-13(2,3)4/h8H,5-7,14H2,1-4H3,(H,15,20)(H,16,19). The first-order chi connectivity index (χ1) is 9.23. The summed E-state index contributed by atoms with van der Waals surface area (Å²) in [5.41, 5.74) is 5.97. The van der Waals surface area contributed by atoms with E-state index in [2.05, 4.69) is 15.7 Å². The van der Waals surface area contributed by atoms with E-state index in [1.165, 1.54) is 0 Å². The monoisotopic (exact) mass is 281 g/mol. The smallest absolute Gasteiger partial charge is 0.273 e. The Bertz CT molecular complexity index is 487. The summed E-state index contributed by atoms with van der Waals surface area (Å²) in [5.74, 6) is -0.469. The summed E-state index contributed by atoms with van der Waals surface area (Å²) in [5, 5.41) is 9.53. The highest BCUT2D eigenvalue weighted by Gasteiger charge is 2.16. The van der Waals surface area contributed by atoms with Crippen molar-refractivity contribution in [2.24, 2.45) is 0 Å². The van der Waals surface area contributed by atoms with Crippen molar-refractivity contribution in [1.82, 2.24) is 20.4 Å². The number of nitrogens with zero attached hydrogens (tertiary/aromatic N) is 2. The highest BCUT2D eigenvalue weighted by atomic mass is 16.2. The molecule has 0 fully saturated rings. The molecule has 20 heavy (non-hydrogen) atoms. The van der Waals surface area contributed by atoms with E-state index in [9.17, 15) is 9.59 Å². The number of carbonyl (C=O) groups excluding carboxylic acids is 2. The second kappa shape index (κ2) is 6.40. The number of carbonyl (C=O) groups is 2. The van der Waals surface area contributed by atoms with E-state index in [4.69, 9.17) is 5.73 Å². The van der Waals surface area contributed by atoms with E-state index < -0.39 is 0 Å². The number of aromatic nitrogens is 2. The van der Waals surface area contributed by atoms with Crippen molar-refractivity contribution in [2.45, 2.75) is 46.2 Å². The maximum atomic E-state index is 11.9. The lowest BCUT2D eigenvalue weighted by Crippen LogP contribution is -2.42. The summed E-state index contributed by atoms with van der Waals surface area (Å²) in [6, 6.07) is 0. The fourth-order valence-electron chi connectivity index (χ4n) is 1.63. The summed E-state index contributed by atoms with van der Waals surface area (Å²) in [6.07, 6.45) is 1.83. The first kappa shape index (κ1) is 16.0. The number of hydrogen-bond acceptors (Lipinski definition) is 4. The minimum absolute atomic E-state index is 0.107. The quantitative estimate of drug-likeness (QED) is 0.732. The molecule has 1 heterocycles. The average molecular weight is 281 g/mol. The summed E-state index contributed by atoms with van der Waals surface area (Å²) in [4.78, 5) is 23.5. The minimum Gasteiger partial charge on any atom is -0.396 e. The molecule has 0 spiro atoms. The van der Waals surface area contributed by atoms with Gasteiger partial charge in [-0.2, -0.15) is 5.10 Å². The first-order valence-electron chi connectivity index (χ1n) is 6.65. The van der Waals surface area contributed by atoms with Crippen molar-refractivity contribution in [3.05, 3.63) is 11.9 Å². The SMILES string of the molecule is CCn1cc(N)c(C(=O)NCCC(=O)NC(C)(C)C)n1. The molecule has 7 nitrogen and oxygen atoms in total. The maximum Gasteiger partial charge on any atom is 0.273 e. The van der Waals surface area contributed by atoms with Crippen molar-refractivity contribution in [3.8, 4) is 0 Å². The van der Waals surface area contributed by atoms with Crippen LogP contribution >= 0.6 is 0 Å². The molecule has 1 rings (SSSR count). The van der Waals surface area contributed by atoms with Gasteiger partial charge in [0.2, 0.25) is 5.91 Å². The molecule has 1 aromatic heterocycles. The molecule has 0 radical (unpaired) electrons. The molecule has 0 atom stereocenters. The molecule has 0 aromatic carbocycles. The molecule has 0 aliphatic rings. The van der Waals surface area contributed by atoms with Gasteiger partial charge < -0.3 is 16.4 Å². The van der Waals surface area contributed by atoms with E-state index in [1.807, 2.05) is 27.7 Å². The van der Waals surface area contributed by atoms with Crippen molar-refractivity contribution in [3.63, 3.8) is 0 Å². The Balaban J connectivity index is 2.44. The van der Waals surface area contributed by atoms with Gasteiger partial charge in [0.15, 0.2) is 5.69 Å². The third kappa shape index (κ3) is 4.91. The Kier molecular flexibility index (Phi) is 5.12. The summed E-state index contributed by atoms with van der Waals surface area (Å²) in [7, 11) is 0. The Hall–Kier alpha value is -2.05. The van der Waals surface area contributed by atoms with Gasteiger partial charge in [0.1, 0.15) is 0 Å². The van der Waals surface area contributed by atoms with Gasteiger partial charge in [-0.05, 0) is 27.7 Å². The van der Waals surface area contributed by atoms with Crippen molar-refractivity contribution >= 4 is 17.5 Å². The first-order valence-corrected chi connectivity index (χ1v) is 6.65. The van der Waals surface area contributed by atoms with Gasteiger partial charge in [0.25, 0.3) is 5.91 Å². The van der Waals surface area contributed by atoms with Gasteiger partial charge in [-0.3, -0.25) is 14.3 Å². The van der Waals surface area contributed by atoms with Crippen molar-refractivity contribution in [2.75, 3.05) is 12.3 Å². The molecule has 7 heteroatoms. The Morgan fingerprint density at radius 2 is 2.05 bits per heavy atom. The summed E-state index contributed by atoms with van der Waals surface area (Å²) >= 11 is 0. The van der Waals surface area contributed by atoms with Gasteiger partial charge in [-0.1, -0.05) is 0 Å². The Morgan fingerprint density at radius 1 is 1.40 bits per heavy atom. The van der Waals surface area contributed by atoms with Crippen molar-refractivity contribution in [1.29, 1.82) is 0 Å². The predicted octanol–water partition coefficient (Wildman–Crippen LogP) is 0.520. The third-order valence-electron chi connectivity index (χ3n) is 2.48. The van der Waals surface area contributed by atoms with E-state index >= 15 is 0 Å². The van der Waals surface area contributed by atoms with Crippen LogP contribution in [0.25, 0.3) is 0 Å². The van der Waals surface area contributed by atoms with Crippen LogP contribution in [0.5, 0.6) is 0 Å². The van der Waals surface area contributed by atoms with Crippen LogP contribution in [-0.4, -0.2) is 33.7 Å². The highest BCUT2D eigenvalue weighted by molar-refractivity contribution is 5.97. The zero-order valence-corrected chi connectivity index (χ0v) is 12.5. The maximum absolute atomic E-state index is 11.9. The molecule has 0 bridgehead atoms. The van der Waals surface area contributed by atoms with Gasteiger partial charge in [0.05, 0.1) is 5.69 Å². The van der Waals surface area contributed by atoms with Crippen LogP contribution in [0.15, 0.2) is 6.20 Å². The fourth-order valence-corrected chi connectivity index (χ4v) is 1.63. The Morgan fingerprint density at radius 3 is 2.55 bits per heavy atom. The second-order valence-electron chi connectivity index (χ2n) is 5.59. The molecule has 0 unspecified atom stereocenters. The predicted molar refractivity (Wildman–Crippen MR) is 77.2 cm³/mol. The zero-order chi connectivity index (χ0) is 15.3. The Labute approximate surface area is 118 Å². The lowest BCUT2D eigenvalue weighted by Gasteiger charge is -2.20. The number of rotatable bonds is 5. The number of aryl methyl sites for hydroxylation is 1. The number of nitrogens with one attached hydrogen (secondary N) is 2. The molecule has 0 saturated heterocycles. The highest BCUT2D eigenvalue weighted by Crippen LogP contribution is 2.08. The van der Waals surface area contributed by atoms with Crippen LogP contribution < -0.4 is 16.4 Å². The third-order valence-corrected chi connectivity index (χ3v) is 2.48. The van der Waals surface area contributed by atoms with Gasteiger partial charge >= 0.3 is 0 Å². The van der Waals surface area contributed by atoms with E-state index in [0.29, 0.717) is 12.2 Å². The fraction of sp³-hybridized carbons (Fsp3) is 0.615. The lowest BCUT2D eigenvalue weighted by atomic mass is 10.1. The summed E-state index contributed by atoms with van der Waals surface area (Å²) < 4.78 is 1.59. The van der Waals surface area contributed by atoms with Gasteiger partial charge in [0, 0.05) is 31.2 Å². The van der Waals surface area contributed by atoms with Crippen LogP contribution in [-0.2, 0) is 11.3 Å². The van der Waals surface area contributed by atoms with Crippen LogP contribution in [0.3, 0.4) is 0 Å². The van der Waals surface area contributed by atoms with Crippen LogP contribution in [0.2, 0.25) is 0 Å². The molecule has 4 N–H and O–H groups in total. The lowest BCUT2D eigenvalue weighted by molar-refractivity contribution is -0.122. The molecular weight excluding hydrogens is 258 g/mol.